The molecular weight excluding hydrogens is 278 g/mol. The average Bonchev–Trinajstić information content (AvgIpc) is 3.23. The molecule has 0 bridgehead atoms. The third-order valence-corrected chi connectivity index (χ3v) is 3.97. The lowest BCUT2D eigenvalue weighted by atomic mass is 10.0. The summed E-state index contributed by atoms with van der Waals surface area (Å²) in [5.41, 5.74) is 5.62. The molecule has 2 rings (SSSR count). The molecule has 2 fully saturated rings. The number of hydrogen-bond donors (Lipinski definition) is 2. The third-order valence-electron chi connectivity index (χ3n) is 3.69. The summed E-state index contributed by atoms with van der Waals surface area (Å²) >= 11 is 4.94. The lowest BCUT2D eigenvalue weighted by Gasteiger charge is -2.36. The zero-order valence-electron chi connectivity index (χ0n) is 11.6. The van der Waals surface area contributed by atoms with Crippen LogP contribution in [0.15, 0.2) is 0 Å². The maximum Gasteiger partial charge on any atom is 0.245 e. The van der Waals surface area contributed by atoms with Gasteiger partial charge in [0.25, 0.3) is 0 Å². The summed E-state index contributed by atoms with van der Waals surface area (Å²) < 4.78 is 5.34. The van der Waals surface area contributed by atoms with Gasteiger partial charge >= 0.3 is 0 Å². The van der Waals surface area contributed by atoms with E-state index >= 15 is 0 Å². The Bertz CT molecular complexity index is 412. The van der Waals surface area contributed by atoms with Crippen LogP contribution in [-0.2, 0) is 14.3 Å². The summed E-state index contributed by atoms with van der Waals surface area (Å²) in [7, 11) is 0. The number of carbonyl (C=O) groups is 2. The van der Waals surface area contributed by atoms with Gasteiger partial charge < -0.3 is 20.7 Å². The average molecular weight is 299 g/mol. The van der Waals surface area contributed by atoms with Crippen molar-refractivity contribution < 1.29 is 14.3 Å². The second kappa shape index (κ2) is 6.49. The van der Waals surface area contributed by atoms with Crippen LogP contribution in [0.25, 0.3) is 0 Å². The number of rotatable bonds is 5. The minimum Gasteiger partial charge on any atom is -0.393 e. The van der Waals surface area contributed by atoms with Crippen molar-refractivity contribution in [2.24, 2.45) is 11.7 Å². The summed E-state index contributed by atoms with van der Waals surface area (Å²) in [5, 5.41) is 2.92. The monoisotopic (exact) mass is 299 g/mol. The largest absolute Gasteiger partial charge is 0.393 e. The van der Waals surface area contributed by atoms with E-state index < -0.39 is 12.0 Å². The molecule has 0 spiro atoms. The number of hydrogen-bond acceptors (Lipinski definition) is 4. The van der Waals surface area contributed by atoms with Crippen molar-refractivity contribution in [2.45, 2.75) is 38.3 Å². The molecule has 1 saturated carbocycles. The number of amides is 2. The third kappa shape index (κ3) is 3.46. The zero-order valence-corrected chi connectivity index (χ0v) is 12.4. The number of nitrogens with zero attached hydrogens (tertiary/aromatic N) is 1. The van der Waals surface area contributed by atoms with Crippen LogP contribution in [0.2, 0.25) is 0 Å². The predicted molar refractivity (Wildman–Crippen MR) is 78.1 cm³/mol. The van der Waals surface area contributed by atoms with Gasteiger partial charge in [-0.25, -0.2) is 0 Å². The molecule has 2 amide bonds. The van der Waals surface area contributed by atoms with E-state index in [-0.39, 0.29) is 29.5 Å². The fourth-order valence-electron chi connectivity index (χ4n) is 2.31. The SMILES string of the molecule is CCC(C(=O)N1CCOCC1C(=O)NC1CC1)C(N)=S. The van der Waals surface area contributed by atoms with Crippen molar-refractivity contribution in [3.8, 4) is 0 Å². The van der Waals surface area contributed by atoms with Gasteiger partial charge in [-0.2, -0.15) is 0 Å². The minimum atomic E-state index is -0.569. The van der Waals surface area contributed by atoms with Crippen molar-refractivity contribution in [3.05, 3.63) is 0 Å². The molecule has 3 N–H and O–H groups in total. The van der Waals surface area contributed by atoms with Gasteiger partial charge in [0.15, 0.2) is 0 Å². The summed E-state index contributed by atoms with van der Waals surface area (Å²) in [6.45, 7) is 2.94. The van der Waals surface area contributed by atoms with Crippen LogP contribution < -0.4 is 11.1 Å². The first kappa shape index (κ1) is 15.2. The quantitative estimate of drug-likeness (QED) is 0.687. The maximum absolute atomic E-state index is 12.5. The van der Waals surface area contributed by atoms with Crippen LogP contribution in [0.1, 0.15) is 26.2 Å². The van der Waals surface area contributed by atoms with E-state index in [0.29, 0.717) is 19.6 Å². The molecule has 1 aliphatic carbocycles. The number of morpholine rings is 1. The lowest BCUT2D eigenvalue weighted by molar-refractivity contribution is -0.150. The molecule has 1 aliphatic heterocycles. The summed E-state index contributed by atoms with van der Waals surface area (Å²) in [6.07, 6.45) is 2.57. The van der Waals surface area contributed by atoms with Gasteiger partial charge in [0.05, 0.1) is 24.1 Å². The second-order valence-electron chi connectivity index (χ2n) is 5.27. The molecular formula is C13H21N3O3S. The normalized spacial score (nSPS) is 24.1. The Morgan fingerprint density at radius 1 is 1.50 bits per heavy atom. The summed E-state index contributed by atoms with van der Waals surface area (Å²) in [4.78, 5) is 26.5. The fourth-order valence-corrected chi connectivity index (χ4v) is 2.57. The van der Waals surface area contributed by atoms with Gasteiger partial charge in [-0.3, -0.25) is 9.59 Å². The van der Waals surface area contributed by atoms with Crippen LogP contribution >= 0.6 is 12.2 Å². The molecule has 20 heavy (non-hydrogen) atoms. The van der Waals surface area contributed by atoms with Gasteiger partial charge in [-0.05, 0) is 19.3 Å². The predicted octanol–water partition coefficient (Wildman–Crippen LogP) is -0.195. The molecule has 2 unspecified atom stereocenters. The Kier molecular flexibility index (Phi) is 4.93. The highest BCUT2D eigenvalue weighted by atomic mass is 32.1. The van der Waals surface area contributed by atoms with Crippen LogP contribution in [-0.4, -0.2) is 53.5 Å². The van der Waals surface area contributed by atoms with Gasteiger partial charge in [-0.1, -0.05) is 19.1 Å². The fraction of sp³-hybridized carbons (Fsp3) is 0.769. The summed E-state index contributed by atoms with van der Waals surface area (Å²) in [5.74, 6) is -0.808. The van der Waals surface area contributed by atoms with Crippen LogP contribution in [0.5, 0.6) is 0 Å². The number of carbonyl (C=O) groups excluding carboxylic acids is 2. The Labute approximate surface area is 124 Å². The highest BCUT2D eigenvalue weighted by Gasteiger charge is 2.38. The molecule has 2 atom stereocenters. The Morgan fingerprint density at radius 3 is 2.75 bits per heavy atom. The Morgan fingerprint density at radius 2 is 2.20 bits per heavy atom. The van der Waals surface area contributed by atoms with Crippen LogP contribution in [0, 0.1) is 5.92 Å². The molecule has 0 aromatic rings. The Balaban J connectivity index is 2.06. The molecule has 1 saturated heterocycles. The van der Waals surface area contributed by atoms with E-state index in [1.165, 1.54) is 0 Å². The molecule has 6 nitrogen and oxygen atoms in total. The van der Waals surface area contributed by atoms with Crippen molar-refractivity contribution in [2.75, 3.05) is 19.8 Å². The standard InChI is InChI=1S/C13H21N3O3S/c1-2-9(11(14)20)13(18)16-5-6-19-7-10(16)12(17)15-8-3-4-8/h8-10H,2-7H2,1H3,(H2,14,20)(H,15,17). The van der Waals surface area contributed by atoms with Crippen molar-refractivity contribution >= 4 is 29.0 Å². The van der Waals surface area contributed by atoms with Gasteiger partial charge in [-0.15, -0.1) is 0 Å². The van der Waals surface area contributed by atoms with Crippen molar-refractivity contribution in [1.82, 2.24) is 10.2 Å². The van der Waals surface area contributed by atoms with Gasteiger partial charge in [0.1, 0.15) is 6.04 Å². The zero-order chi connectivity index (χ0) is 14.7. The van der Waals surface area contributed by atoms with Gasteiger partial charge in [0, 0.05) is 12.6 Å². The molecule has 0 aromatic carbocycles. The minimum absolute atomic E-state index is 0.140. The van der Waals surface area contributed by atoms with E-state index in [1.807, 2.05) is 6.92 Å². The first-order chi connectivity index (χ1) is 9.54. The highest BCUT2D eigenvalue weighted by molar-refractivity contribution is 7.80. The number of nitrogens with two attached hydrogens (primary N) is 1. The summed E-state index contributed by atoms with van der Waals surface area (Å²) in [6, 6.07) is -0.306. The molecule has 2 aliphatic rings. The van der Waals surface area contributed by atoms with E-state index in [9.17, 15) is 9.59 Å². The first-order valence-electron chi connectivity index (χ1n) is 7.02. The van der Waals surface area contributed by atoms with E-state index in [0.717, 1.165) is 12.8 Å². The lowest BCUT2D eigenvalue weighted by Crippen LogP contribution is -2.58. The molecule has 7 heteroatoms. The van der Waals surface area contributed by atoms with E-state index in [4.69, 9.17) is 22.7 Å². The van der Waals surface area contributed by atoms with E-state index in [2.05, 4.69) is 5.32 Å². The highest BCUT2D eigenvalue weighted by Crippen LogP contribution is 2.20. The van der Waals surface area contributed by atoms with Crippen molar-refractivity contribution in [3.63, 3.8) is 0 Å². The van der Waals surface area contributed by atoms with Gasteiger partial charge in [0.2, 0.25) is 11.8 Å². The second-order valence-corrected chi connectivity index (χ2v) is 5.74. The molecule has 0 radical (unpaired) electrons. The van der Waals surface area contributed by atoms with E-state index in [1.54, 1.807) is 4.90 Å². The van der Waals surface area contributed by atoms with Crippen LogP contribution in [0.3, 0.4) is 0 Å². The number of nitrogens with one attached hydrogen (secondary N) is 1. The van der Waals surface area contributed by atoms with Crippen LogP contribution in [0.4, 0.5) is 0 Å². The first-order valence-corrected chi connectivity index (χ1v) is 7.43. The number of ether oxygens (including phenoxy) is 1. The van der Waals surface area contributed by atoms with Crippen molar-refractivity contribution in [1.29, 1.82) is 0 Å². The molecule has 0 aromatic heterocycles. The Hall–Kier alpha value is -1.21. The number of thiocarbonyl (C=S) groups is 1. The maximum atomic E-state index is 12.5. The topological polar surface area (TPSA) is 84.7 Å². The molecule has 112 valence electrons. The molecule has 1 heterocycles. The smallest absolute Gasteiger partial charge is 0.245 e.